The second kappa shape index (κ2) is 3.35. The molecule has 0 spiro atoms. The van der Waals surface area contributed by atoms with Gasteiger partial charge in [0.25, 0.3) is 0 Å². The minimum Gasteiger partial charge on any atom is -0.260 e. The fourth-order valence-corrected chi connectivity index (χ4v) is 2.53. The Kier molecular flexibility index (Phi) is 2.70. The second-order valence-corrected chi connectivity index (χ2v) is 4.58. The highest BCUT2D eigenvalue weighted by Gasteiger charge is 2.10. The first-order chi connectivity index (χ1) is 4.29. The van der Waals surface area contributed by atoms with Crippen LogP contribution in [0.3, 0.4) is 0 Å². The minimum atomic E-state index is -0.478. The molecule has 1 aliphatic heterocycles. The molecule has 0 saturated carbocycles. The first kappa shape index (κ1) is 7.26. The summed E-state index contributed by atoms with van der Waals surface area (Å²) in [7, 11) is -0.478. The van der Waals surface area contributed by atoms with Crippen molar-refractivity contribution >= 4 is 10.8 Å². The van der Waals surface area contributed by atoms with Crippen molar-refractivity contribution in [2.45, 2.75) is 26.2 Å². The quantitative estimate of drug-likeness (QED) is 0.507. The van der Waals surface area contributed by atoms with E-state index in [1.54, 1.807) is 0 Å². The monoisotopic (exact) mass is 146 g/mol. The molecule has 2 unspecified atom stereocenters. The lowest BCUT2D eigenvalue weighted by molar-refractivity contribution is 0.523. The van der Waals surface area contributed by atoms with Crippen LogP contribution in [-0.2, 0) is 10.8 Å². The summed E-state index contributed by atoms with van der Waals surface area (Å²) in [6.45, 7) is 2.25. The molecule has 54 valence electrons. The maximum atomic E-state index is 10.9. The third-order valence-corrected chi connectivity index (χ3v) is 3.34. The normalized spacial score (nSPS) is 37.9. The highest BCUT2D eigenvalue weighted by Crippen LogP contribution is 2.15. The summed E-state index contributed by atoms with van der Waals surface area (Å²) in [6, 6.07) is 0. The average Bonchev–Trinajstić information content (AvgIpc) is 1.97. The largest absolute Gasteiger partial charge is 0.260 e. The molecule has 0 amide bonds. The van der Waals surface area contributed by atoms with Crippen LogP contribution in [0, 0.1) is 5.92 Å². The molecule has 1 heterocycles. The molecular formula is C7H14OS. The Bertz CT molecular complexity index is 111. The van der Waals surface area contributed by atoms with Crippen molar-refractivity contribution in [3.63, 3.8) is 0 Å². The summed E-state index contributed by atoms with van der Waals surface area (Å²) in [5.74, 6) is 2.71. The van der Waals surface area contributed by atoms with Crippen molar-refractivity contribution in [1.82, 2.24) is 0 Å². The molecule has 0 N–H and O–H groups in total. The van der Waals surface area contributed by atoms with Gasteiger partial charge >= 0.3 is 0 Å². The van der Waals surface area contributed by atoms with Crippen molar-refractivity contribution < 1.29 is 4.21 Å². The predicted octanol–water partition coefficient (Wildman–Crippen LogP) is 1.56. The van der Waals surface area contributed by atoms with Crippen molar-refractivity contribution in [3.8, 4) is 0 Å². The van der Waals surface area contributed by atoms with E-state index in [2.05, 4.69) is 6.92 Å². The van der Waals surface area contributed by atoms with Crippen LogP contribution in [0.15, 0.2) is 0 Å². The molecule has 1 aliphatic rings. The van der Waals surface area contributed by atoms with E-state index in [0.29, 0.717) is 0 Å². The molecule has 2 heteroatoms. The molecule has 0 radical (unpaired) electrons. The molecular weight excluding hydrogens is 132 g/mol. The zero-order valence-corrected chi connectivity index (χ0v) is 6.75. The third-order valence-electron chi connectivity index (χ3n) is 1.91. The molecule has 0 aromatic rings. The van der Waals surface area contributed by atoms with Gasteiger partial charge in [-0.2, -0.15) is 0 Å². The highest BCUT2D eigenvalue weighted by atomic mass is 32.2. The second-order valence-electron chi connectivity index (χ2n) is 2.88. The lowest BCUT2D eigenvalue weighted by Gasteiger charge is -2.02. The van der Waals surface area contributed by atoms with Gasteiger partial charge in [-0.25, -0.2) is 0 Å². The summed E-state index contributed by atoms with van der Waals surface area (Å²) < 4.78 is 10.9. The summed E-state index contributed by atoms with van der Waals surface area (Å²) >= 11 is 0. The van der Waals surface area contributed by atoms with Gasteiger partial charge in [0, 0.05) is 22.3 Å². The van der Waals surface area contributed by atoms with E-state index in [9.17, 15) is 4.21 Å². The van der Waals surface area contributed by atoms with Gasteiger partial charge < -0.3 is 0 Å². The third kappa shape index (κ3) is 2.48. The molecule has 1 rings (SSSR count). The van der Waals surface area contributed by atoms with Crippen LogP contribution < -0.4 is 0 Å². The van der Waals surface area contributed by atoms with Crippen LogP contribution in [-0.4, -0.2) is 15.7 Å². The molecule has 1 fully saturated rings. The fraction of sp³-hybridized carbons (Fsp3) is 1.00. The van der Waals surface area contributed by atoms with Crippen LogP contribution in [0.4, 0.5) is 0 Å². The van der Waals surface area contributed by atoms with Crippen molar-refractivity contribution in [1.29, 1.82) is 0 Å². The van der Waals surface area contributed by atoms with E-state index in [4.69, 9.17) is 0 Å². The SMILES string of the molecule is CC1CCCS(=O)CC1. The van der Waals surface area contributed by atoms with Gasteiger partial charge in [-0.05, 0) is 25.2 Å². The van der Waals surface area contributed by atoms with Crippen LogP contribution in [0.1, 0.15) is 26.2 Å². The van der Waals surface area contributed by atoms with Gasteiger partial charge in [-0.3, -0.25) is 4.21 Å². The first-order valence-corrected chi connectivity index (χ1v) is 5.13. The maximum absolute atomic E-state index is 10.9. The van der Waals surface area contributed by atoms with Crippen LogP contribution in [0.25, 0.3) is 0 Å². The zero-order valence-electron chi connectivity index (χ0n) is 5.93. The molecule has 2 atom stereocenters. The molecule has 0 aliphatic carbocycles. The number of hydrogen-bond acceptors (Lipinski definition) is 1. The Hall–Kier alpha value is 0.150. The lowest BCUT2D eigenvalue weighted by atomic mass is 10.0. The van der Waals surface area contributed by atoms with E-state index in [1.165, 1.54) is 19.3 Å². The fourth-order valence-electron chi connectivity index (χ4n) is 1.17. The van der Waals surface area contributed by atoms with E-state index in [-0.39, 0.29) is 0 Å². The Labute approximate surface area is 59.3 Å². The highest BCUT2D eigenvalue weighted by molar-refractivity contribution is 7.84. The van der Waals surface area contributed by atoms with Gasteiger partial charge in [-0.1, -0.05) is 6.92 Å². The minimum absolute atomic E-state index is 0.478. The van der Waals surface area contributed by atoms with Crippen LogP contribution >= 0.6 is 0 Å². The molecule has 0 bridgehead atoms. The molecule has 1 saturated heterocycles. The Morgan fingerprint density at radius 3 is 2.89 bits per heavy atom. The van der Waals surface area contributed by atoms with E-state index >= 15 is 0 Å². The molecule has 9 heavy (non-hydrogen) atoms. The Morgan fingerprint density at radius 1 is 1.33 bits per heavy atom. The van der Waals surface area contributed by atoms with Gasteiger partial charge in [0.1, 0.15) is 0 Å². The zero-order chi connectivity index (χ0) is 6.69. The summed E-state index contributed by atoms with van der Waals surface area (Å²) in [5, 5.41) is 0. The van der Waals surface area contributed by atoms with Crippen molar-refractivity contribution in [2.24, 2.45) is 5.92 Å². The van der Waals surface area contributed by atoms with Crippen molar-refractivity contribution in [2.75, 3.05) is 11.5 Å². The number of rotatable bonds is 0. The van der Waals surface area contributed by atoms with Crippen LogP contribution in [0.2, 0.25) is 0 Å². The van der Waals surface area contributed by atoms with Gasteiger partial charge in [0.05, 0.1) is 0 Å². The summed E-state index contributed by atoms with van der Waals surface area (Å²) in [5.41, 5.74) is 0. The molecule has 0 aromatic heterocycles. The average molecular weight is 146 g/mol. The van der Waals surface area contributed by atoms with Gasteiger partial charge in [0.15, 0.2) is 0 Å². The van der Waals surface area contributed by atoms with E-state index < -0.39 is 10.8 Å². The Balaban J connectivity index is 2.34. The predicted molar refractivity (Wildman–Crippen MR) is 40.9 cm³/mol. The van der Waals surface area contributed by atoms with E-state index in [1.807, 2.05) is 0 Å². The molecule has 1 nitrogen and oxygen atoms in total. The standard InChI is InChI=1S/C7H14OS/c1-7-3-2-5-9(8)6-4-7/h7H,2-6H2,1H3. The van der Waals surface area contributed by atoms with Crippen LogP contribution in [0.5, 0.6) is 0 Å². The van der Waals surface area contributed by atoms with Crippen molar-refractivity contribution in [3.05, 3.63) is 0 Å². The molecule has 0 aromatic carbocycles. The maximum Gasteiger partial charge on any atom is 0.0237 e. The topological polar surface area (TPSA) is 17.1 Å². The summed E-state index contributed by atoms with van der Waals surface area (Å²) in [4.78, 5) is 0. The smallest absolute Gasteiger partial charge is 0.0237 e. The van der Waals surface area contributed by atoms with E-state index in [0.717, 1.165) is 17.4 Å². The lowest BCUT2D eigenvalue weighted by Crippen LogP contribution is -1.98. The van der Waals surface area contributed by atoms with Gasteiger partial charge in [-0.15, -0.1) is 0 Å². The summed E-state index contributed by atoms with van der Waals surface area (Å²) in [6.07, 6.45) is 3.63. The van der Waals surface area contributed by atoms with Gasteiger partial charge in [0.2, 0.25) is 0 Å². The number of hydrogen-bond donors (Lipinski definition) is 0. The Morgan fingerprint density at radius 2 is 2.11 bits per heavy atom. The first-order valence-electron chi connectivity index (χ1n) is 3.64.